The summed E-state index contributed by atoms with van der Waals surface area (Å²) in [4.78, 5) is 134. The first-order chi connectivity index (χ1) is 34.5. The zero-order valence-electron chi connectivity index (χ0n) is 42.5. The number of nitrogens with zero attached hydrogens (tertiary/aromatic N) is 1. The van der Waals surface area contributed by atoms with Crippen molar-refractivity contribution in [1.29, 1.82) is 0 Å². The molecule has 0 bridgehead atoms. The Morgan fingerprint density at radius 3 is 1.74 bits per heavy atom. The highest BCUT2D eigenvalue weighted by atomic mass is 16.4. The number of hydrogen-bond acceptors (Lipinski definition) is 15. The van der Waals surface area contributed by atoms with Gasteiger partial charge < -0.3 is 78.9 Å². The zero-order valence-corrected chi connectivity index (χ0v) is 42.5. The van der Waals surface area contributed by atoms with E-state index in [1.54, 1.807) is 27.7 Å². The minimum atomic E-state index is -1.56. The number of aliphatic hydroxyl groups excluding tert-OH is 2. The maximum atomic E-state index is 14.1. The molecule has 2 saturated heterocycles. The number of carboxylic acid groups (broad SMARTS) is 1. The number of amides is 9. The molecule has 408 valence electrons. The molecule has 0 radical (unpaired) electrons. The van der Waals surface area contributed by atoms with Crippen LogP contribution in [0.2, 0.25) is 0 Å². The van der Waals surface area contributed by atoms with E-state index in [9.17, 15) is 68.4 Å². The summed E-state index contributed by atoms with van der Waals surface area (Å²) in [5.74, 6) is -9.03. The Kier molecular flexibility index (Phi) is 24.9. The second-order valence-corrected chi connectivity index (χ2v) is 19.3. The van der Waals surface area contributed by atoms with Gasteiger partial charge >= 0.3 is 5.97 Å². The summed E-state index contributed by atoms with van der Waals surface area (Å²) >= 11 is 0. The van der Waals surface area contributed by atoms with Crippen LogP contribution >= 0.6 is 0 Å². The number of hydrogen-bond donors (Lipinski definition) is 14. The Bertz CT molecular complexity index is 2070. The average Bonchev–Trinajstić information content (AvgIpc) is 4.08. The fourth-order valence-corrected chi connectivity index (χ4v) is 8.26. The number of rotatable bonds is 29. The number of carbonyl (C=O) groups excluding carboxylic acids is 9. The van der Waals surface area contributed by atoms with E-state index in [1.807, 2.05) is 0 Å². The lowest BCUT2D eigenvalue weighted by atomic mass is 10.00. The van der Waals surface area contributed by atoms with E-state index >= 15 is 0 Å². The molecule has 1 aromatic carbocycles. The standard InChI is InChI=1S/C48H77N11O14/c1-25(2)21-33(43(67)51-27(5)39(63)54-34(22-29-14-16-30(62)17-15-29)44(68)57-36(24-61)47(71)59-20-10-13-37(59)48(72)73)55-42(66)32(11-7-8-18-49)53-46(70)38(26(3)4)58-40(64)28(6)52-45(69)35(23-60)56-41(65)31-12-9-19-50-31/h14-17,25-28,31-38,50,60-62H,7-13,18-24,49H2,1-6H3,(H,51,67)(H,52,69)(H,53,70)(H,54,63)(H,55,66)(H,56,65)(H,57,68)(H,58,64)(H,72,73)/t27-,28-,31-,32-,33-,34-,35-,36-,37-,38-/m0/s1. The van der Waals surface area contributed by atoms with Gasteiger partial charge in [-0.3, -0.25) is 43.2 Å². The monoisotopic (exact) mass is 1030 g/mol. The number of phenolic OH excluding ortho intramolecular Hbond substituents is 1. The van der Waals surface area contributed by atoms with Crippen LogP contribution in [-0.4, -0.2) is 178 Å². The van der Waals surface area contributed by atoms with Crippen molar-refractivity contribution in [3.05, 3.63) is 29.8 Å². The molecule has 0 saturated carbocycles. The first kappa shape index (κ1) is 60.9. The van der Waals surface area contributed by atoms with Gasteiger partial charge in [0.1, 0.15) is 60.1 Å². The maximum absolute atomic E-state index is 14.1. The molecule has 15 N–H and O–H groups in total. The van der Waals surface area contributed by atoms with Gasteiger partial charge in [0.25, 0.3) is 0 Å². The van der Waals surface area contributed by atoms with Crippen LogP contribution in [0, 0.1) is 11.8 Å². The molecule has 73 heavy (non-hydrogen) atoms. The minimum absolute atomic E-state index is 0.0736. The van der Waals surface area contributed by atoms with Crippen LogP contribution in [0.1, 0.15) is 98.5 Å². The highest BCUT2D eigenvalue weighted by molar-refractivity contribution is 5.98. The average molecular weight is 1030 g/mol. The fraction of sp³-hybridized carbons (Fsp3) is 0.667. The normalized spacial score (nSPS) is 18.7. The number of aromatic hydroxyl groups is 1. The van der Waals surface area contributed by atoms with Crippen LogP contribution in [0.4, 0.5) is 0 Å². The molecule has 0 aromatic heterocycles. The quantitative estimate of drug-likeness (QED) is 0.0346. The lowest BCUT2D eigenvalue weighted by Gasteiger charge is -2.29. The summed E-state index contributed by atoms with van der Waals surface area (Å²) in [6.07, 6.45) is 2.73. The van der Waals surface area contributed by atoms with E-state index in [2.05, 4.69) is 47.9 Å². The van der Waals surface area contributed by atoms with Gasteiger partial charge in [-0.25, -0.2) is 4.79 Å². The predicted octanol–water partition coefficient (Wildman–Crippen LogP) is -3.50. The third kappa shape index (κ3) is 19.2. The van der Waals surface area contributed by atoms with Gasteiger partial charge in [0.15, 0.2) is 0 Å². The molecule has 10 atom stereocenters. The third-order valence-corrected chi connectivity index (χ3v) is 12.5. The van der Waals surface area contributed by atoms with Crippen molar-refractivity contribution < 1.29 is 68.4 Å². The number of aliphatic carboxylic acids is 1. The molecule has 25 nitrogen and oxygen atoms in total. The van der Waals surface area contributed by atoms with E-state index in [-0.39, 0.29) is 50.4 Å². The molecule has 3 rings (SSSR count). The van der Waals surface area contributed by atoms with Crippen LogP contribution < -0.4 is 53.6 Å². The number of carbonyl (C=O) groups is 10. The Morgan fingerprint density at radius 2 is 1.19 bits per heavy atom. The number of nitrogens with two attached hydrogens (primary N) is 1. The summed E-state index contributed by atoms with van der Waals surface area (Å²) < 4.78 is 0. The number of unbranched alkanes of at least 4 members (excludes halogenated alkanes) is 1. The minimum Gasteiger partial charge on any atom is -0.508 e. The molecule has 0 aliphatic carbocycles. The summed E-state index contributed by atoms with van der Waals surface area (Å²) in [7, 11) is 0. The van der Waals surface area contributed by atoms with Crippen molar-refractivity contribution in [2.45, 2.75) is 160 Å². The van der Waals surface area contributed by atoms with Crippen molar-refractivity contribution in [3.8, 4) is 5.75 Å². The van der Waals surface area contributed by atoms with Crippen molar-refractivity contribution in [2.75, 3.05) is 32.8 Å². The first-order valence-electron chi connectivity index (χ1n) is 24.9. The smallest absolute Gasteiger partial charge is 0.326 e. The van der Waals surface area contributed by atoms with E-state index in [4.69, 9.17) is 5.73 Å². The molecule has 0 spiro atoms. The molecule has 2 aliphatic heterocycles. The van der Waals surface area contributed by atoms with E-state index in [1.165, 1.54) is 38.1 Å². The molecular formula is C48H77N11O14. The Labute approximate surface area is 425 Å². The number of nitrogens with one attached hydrogen (secondary N) is 9. The Hall–Kier alpha value is -6.44. The molecule has 0 unspecified atom stereocenters. The van der Waals surface area contributed by atoms with Gasteiger partial charge in [-0.05, 0) is 108 Å². The molecular weight excluding hydrogens is 955 g/mol. The largest absolute Gasteiger partial charge is 0.508 e. The van der Waals surface area contributed by atoms with Crippen molar-refractivity contribution in [3.63, 3.8) is 0 Å². The van der Waals surface area contributed by atoms with Gasteiger partial charge in [-0.1, -0.05) is 39.8 Å². The van der Waals surface area contributed by atoms with Crippen LogP contribution in [-0.2, 0) is 54.4 Å². The summed E-state index contributed by atoms with van der Waals surface area (Å²) in [6.45, 7) is 8.93. The van der Waals surface area contributed by atoms with Crippen molar-refractivity contribution >= 4 is 59.1 Å². The van der Waals surface area contributed by atoms with Gasteiger partial charge in [-0.15, -0.1) is 0 Å². The van der Waals surface area contributed by atoms with Crippen LogP contribution in [0.25, 0.3) is 0 Å². The molecule has 2 fully saturated rings. The van der Waals surface area contributed by atoms with Gasteiger partial charge in [0.2, 0.25) is 53.2 Å². The second kappa shape index (κ2) is 29.9. The first-order valence-corrected chi connectivity index (χ1v) is 24.9. The van der Waals surface area contributed by atoms with Crippen LogP contribution in [0.5, 0.6) is 5.75 Å². The molecule has 25 heteroatoms. The Balaban J connectivity index is 1.73. The summed E-state index contributed by atoms with van der Waals surface area (Å²) in [6, 6.07) is -6.58. The van der Waals surface area contributed by atoms with Crippen LogP contribution in [0.3, 0.4) is 0 Å². The van der Waals surface area contributed by atoms with E-state index < -0.39 is 139 Å². The number of carboxylic acids is 1. The lowest BCUT2D eigenvalue weighted by molar-refractivity contribution is -0.150. The van der Waals surface area contributed by atoms with Gasteiger partial charge in [0.05, 0.1) is 19.3 Å². The highest BCUT2D eigenvalue weighted by Crippen LogP contribution is 2.19. The zero-order chi connectivity index (χ0) is 54.5. The molecule has 2 aliphatic rings. The predicted molar refractivity (Wildman–Crippen MR) is 263 cm³/mol. The fourth-order valence-electron chi connectivity index (χ4n) is 8.26. The summed E-state index contributed by atoms with van der Waals surface area (Å²) in [5.41, 5.74) is 6.19. The van der Waals surface area contributed by atoms with Gasteiger partial charge in [-0.2, -0.15) is 0 Å². The highest BCUT2D eigenvalue weighted by Gasteiger charge is 2.39. The van der Waals surface area contributed by atoms with Crippen LogP contribution in [0.15, 0.2) is 24.3 Å². The lowest BCUT2D eigenvalue weighted by Crippen LogP contribution is -2.61. The van der Waals surface area contributed by atoms with Gasteiger partial charge in [0, 0.05) is 13.0 Å². The maximum Gasteiger partial charge on any atom is 0.326 e. The van der Waals surface area contributed by atoms with Crippen molar-refractivity contribution in [2.24, 2.45) is 17.6 Å². The third-order valence-electron chi connectivity index (χ3n) is 12.5. The second-order valence-electron chi connectivity index (χ2n) is 19.3. The number of phenols is 1. The molecule has 1 aromatic rings. The van der Waals surface area contributed by atoms with Crippen molar-refractivity contribution in [1.82, 2.24) is 52.8 Å². The SMILES string of the molecule is CC(C)C[C@H](NC(=O)[C@H](CCCCN)NC(=O)[C@@H](NC(=O)[C@H](C)NC(=O)[C@H](CO)NC(=O)[C@@H]1CCCN1)C(C)C)C(=O)N[C@@H](C)C(=O)N[C@@H](Cc1ccc(O)cc1)C(=O)N[C@@H](CO)C(=O)N1CCC[C@H]1C(=O)O. The molecule has 9 amide bonds. The Morgan fingerprint density at radius 1 is 0.644 bits per heavy atom. The number of benzene rings is 1. The van der Waals surface area contributed by atoms with E-state index in [0.717, 1.165) is 11.3 Å². The number of aliphatic hydroxyl groups is 2. The summed E-state index contributed by atoms with van der Waals surface area (Å²) in [5, 5.41) is 62.8. The molecule has 2 heterocycles. The topological polar surface area (TPSA) is 389 Å². The number of likely N-dealkylation sites (tertiary alicyclic amines) is 1. The van der Waals surface area contributed by atoms with E-state index in [0.29, 0.717) is 37.8 Å².